The van der Waals surface area contributed by atoms with Crippen molar-refractivity contribution in [2.75, 3.05) is 6.54 Å². The van der Waals surface area contributed by atoms with Crippen molar-refractivity contribution in [1.82, 2.24) is 5.32 Å². The molecule has 0 aromatic heterocycles. The molecule has 0 spiro atoms. The lowest BCUT2D eigenvalue weighted by molar-refractivity contribution is -0.133. The monoisotopic (exact) mass is 738 g/mol. The Hall–Kier alpha value is -1.55. The summed E-state index contributed by atoms with van der Waals surface area (Å²) in [4.78, 5) is 26.2. The summed E-state index contributed by atoms with van der Waals surface area (Å²) in [6.45, 7) is 35.6. The highest BCUT2D eigenvalue weighted by molar-refractivity contribution is 6.74. The van der Waals surface area contributed by atoms with Gasteiger partial charge >= 0.3 is 0 Å². The highest BCUT2D eigenvalue weighted by Gasteiger charge is 2.55. The molecule has 0 aromatic carbocycles. The molecule has 0 unspecified atom stereocenters. The minimum atomic E-state index is -2.02. The normalized spacial score (nSPS) is 30.9. The molecule has 0 aromatic rings. The molecule has 0 bridgehead atoms. The summed E-state index contributed by atoms with van der Waals surface area (Å²) >= 11 is 0. The van der Waals surface area contributed by atoms with Crippen molar-refractivity contribution in [3.8, 4) is 0 Å². The first-order valence-corrected chi connectivity index (χ1v) is 26.3. The van der Waals surface area contributed by atoms with Crippen LogP contribution in [0.25, 0.3) is 0 Å². The summed E-state index contributed by atoms with van der Waals surface area (Å²) in [5.41, 5.74) is 3.41. The summed E-state index contributed by atoms with van der Waals surface area (Å²) in [5, 5.41) is 3.29. The molecule has 0 radical (unpaired) electrons. The van der Waals surface area contributed by atoms with E-state index in [0.717, 1.165) is 37.7 Å². The summed E-state index contributed by atoms with van der Waals surface area (Å²) in [5.74, 6) is 1.29. The van der Waals surface area contributed by atoms with E-state index in [1.807, 2.05) is 0 Å². The largest absolute Gasteiger partial charge is 0.413 e. The van der Waals surface area contributed by atoms with Gasteiger partial charge in [0.1, 0.15) is 5.41 Å². The van der Waals surface area contributed by atoms with E-state index in [4.69, 9.17) is 8.85 Å². The number of amides is 1. The maximum absolute atomic E-state index is 13.3. The molecule has 0 saturated heterocycles. The number of unbranched alkanes of at least 4 members (excludes halogenated alkanes) is 1. The van der Waals surface area contributed by atoms with Crippen LogP contribution in [0.1, 0.15) is 133 Å². The Balaban J connectivity index is 1.53. The Morgan fingerprint density at radius 1 is 0.980 bits per heavy atom. The van der Waals surface area contributed by atoms with Gasteiger partial charge in [-0.25, -0.2) is 0 Å². The van der Waals surface area contributed by atoms with Crippen LogP contribution in [0.15, 0.2) is 47.6 Å². The third-order valence-electron chi connectivity index (χ3n) is 14.4. The molecular formula is C44H75NO4Si2. The lowest BCUT2D eigenvalue weighted by atomic mass is 9.61. The topological polar surface area (TPSA) is 64.6 Å². The Morgan fingerprint density at radius 3 is 2.20 bits per heavy atom. The van der Waals surface area contributed by atoms with E-state index in [0.29, 0.717) is 37.1 Å². The number of rotatable bonds is 13. The number of allylic oxidation sites excluding steroid dienone is 5. The van der Waals surface area contributed by atoms with E-state index in [1.54, 1.807) is 11.6 Å². The van der Waals surface area contributed by atoms with Gasteiger partial charge in [-0.05, 0) is 134 Å². The third-order valence-corrected chi connectivity index (χ3v) is 23.5. The van der Waals surface area contributed by atoms with Crippen LogP contribution in [0.3, 0.4) is 0 Å². The third kappa shape index (κ3) is 9.23. The van der Waals surface area contributed by atoms with Gasteiger partial charge in [0.25, 0.3) is 0 Å². The second-order valence-electron chi connectivity index (χ2n) is 20.1. The summed E-state index contributed by atoms with van der Waals surface area (Å²) in [7, 11) is -3.99. The average molecular weight is 738 g/mol. The van der Waals surface area contributed by atoms with Crippen LogP contribution < -0.4 is 5.32 Å². The van der Waals surface area contributed by atoms with Gasteiger partial charge in [0.15, 0.2) is 22.4 Å². The van der Waals surface area contributed by atoms with Crippen molar-refractivity contribution in [3.05, 3.63) is 47.6 Å². The molecule has 6 atom stereocenters. The van der Waals surface area contributed by atoms with Crippen molar-refractivity contribution in [1.29, 1.82) is 0 Å². The molecule has 4 fully saturated rings. The zero-order valence-electron chi connectivity index (χ0n) is 35.0. The number of hydrogen-bond donors (Lipinski definition) is 1. The first-order valence-electron chi connectivity index (χ1n) is 20.4. The zero-order chi connectivity index (χ0) is 38.2. The molecule has 7 heteroatoms. The SMILES string of the molecule is C=C1/C(=C\C=C2/CCC[C@]3(C)[C@@H]([C@H](C)/C=C/C(=O)C4(C(=O)NCCCC)CC4)CC[C@@H]23)C[C@@H](O[Si](C)(C)C(C)(C)C)C[C@@H]1O[Si](C)(C)C(C)(C)C. The molecule has 4 aliphatic carbocycles. The maximum Gasteiger partial charge on any atom is 0.234 e. The van der Waals surface area contributed by atoms with Gasteiger partial charge in [0, 0.05) is 13.0 Å². The fourth-order valence-electron chi connectivity index (χ4n) is 8.70. The molecule has 4 saturated carbocycles. The van der Waals surface area contributed by atoms with Gasteiger partial charge < -0.3 is 14.2 Å². The van der Waals surface area contributed by atoms with Gasteiger partial charge in [0.2, 0.25) is 5.91 Å². The number of carbonyl (C=O) groups is 2. The molecular weight excluding hydrogens is 663 g/mol. The Labute approximate surface area is 315 Å². The zero-order valence-corrected chi connectivity index (χ0v) is 37.0. The molecule has 5 nitrogen and oxygen atoms in total. The van der Waals surface area contributed by atoms with Gasteiger partial charge in [-0.1, -0.05) is 99.1 Å². The first-order chi connectivity index (χ1) is 23.5. The van der Waals surface area contributed by atoms with Gasteiger partial charge in [-0.2, -0.15) is 0 Å². The van der Waals surface area contributed by atoms with Crippen LogP contribution in [-0.2, 0) is 18.4 Å². The molecule has 1 amide bonds. The fourth-order valence-corrected chi connectivity index (χ4v) is 11.4. The second-order valence-corrected chi connectivity index (χ2v) is 29.6. The molecule has 0 aliphatic heterocycles. The Kier molecular flexibility index (Phi) is 13.0. The molecule has 4 aliphatic rings. The fraction of sp³-hybridized carbons (Fsp3) is 0.773. The number of carbonyl (C=O) groups excluding carboxylic acids is 2. The number of fused-ring (bicyclic) bond motifs is 1. The van der Waals surface area contributed by atoms with E-state index in [2.05, 4.69) is 119 Å². The first kappa shape index (κ1) is 42.2. The van der Waals surface area contributed by atoms with E-state index in [-0.39, 0.29) is 39.4 Å². The molecule has 1 N–H and O–H groups in total. The van der Waals surface area contributed by atoms with Crippen molar-refractivity contribution < 1.29 is 18.4 Å². The smallest absolute Gasteiger partial charge is 0.234 e. The summed E-state index contributed by atoms with van der Waals surface area (Å²) in [6.07, 6.45) is 19.9. The quantitative estimate of drug-likeness (QED) is 0.0884. The lowest BCUT2D eigenvalue weighted by Crippen LogP contribution is -2.49. The standard InChI is InChI=1S/C44H75NO4Si2/c1-15-16-28-45-40(47)44(26-27-44)39(46)24-19-31(2)36-22-23-37-33(18-17-25-43(36,37)10)20-21-34-29-35(48-50(11,12)41(4,5)6)30-38(32(34)3)49-51(13,14)42(7,8)9/h19-21,24,31,35-38H,3,15-18,22-23,25-30H2,1-2,4-14H3,(H,45,47)/b24-19+,33-20+,34-21-/t31-,35-,36-,37+,38+,43-/m1/s1. The summed E-state index contributed by atoms with van der Waals surface area (Å²) < 4.78 is 14.2. The predicted molar refractivity (Wildman–Crippen MR) is 220 cm³/mol. The minimum absolute atomic E-state index is 0.00158. The number of ketones is 1. The van der Waals surface area contributed by atoms with Crippen LogP contribution >= 0.6 is 0 Å². The van der Waals surface area contributed by atoms with Crippen molar-refractivity contribution >= 4 is 28.3 Å². The van der Waals surface area contributed by atoms with E-state index < -0.39 is 22.0 Å². The van der Waals surface area contributed by atoms with Gasteiger partial charge in [0.05, 0.1) is 12.2 Å². The molecule has 288 valence electrons. The van der Waals surface area contributed by atoms with E-state index in [9.17, 15) is 9.59 Å². The lowest BCUT2D eigenvalue weighted by Gasteiger charge is -2.45. The minimum Gasteiger partial charge on any atom is -0.413 e. The highest BCUT2D eigenvalue weighted by Crippen LogP contribution is 2.60. The van der Waals surface area contributed by atoms with E-state index in [1.165, 1.54) is 31.3 Å². The molecule has 0 heterocycles. The van der Waals surface area contributed by atoms with E-state index >= 15 is 0 Å². The van der Waals surface area contributed by atoms with Crippen molar-refractivity contribution in [2.45, 2.75) is 181 Å². The van der Waals surface area contributed by atoms with Crippen molar-refractivity contribution in [3.63, 3.8) is 0 Å². The second kappa shape index (κ2) is 15.7. The Morgan fingerprint density at radius 2 is 1.61 bits per heavy atom. The van der Waals surface area contributed by atoms with Crippen LogP contribution in [0.4, 0.5) is 0 Å². The maximum atomic E-state index is 13.3. The Bertz CT molecular complexity index is 1390. The highest BCUT2D eigenvalue weighted by atomic mass is 28.4. The predicted octanol–water partition coefficient (Wildman–Crippen LogP) is 11.6. The van der Waals surface area contributed by atoms with Crippen LogP contribution in [0.5, 0.6) is 0 Å². The van der Waals surface area contributed by atoms with Crippen LogP contribution in [0, 0.1) is 28.6 Å². The molecule has 51 heavy (non-hydrogen) atoms. The van der Waals surface area contributed by atoms with Crippen LogP contribution in [0.2, 0.25) is 36.3 Å². The molecule has 4 rings (SSSR count). The average Bonchev–Trinajstić information content (AvgIpc) is 3.75. The number of nitrogens with one attached hydrogen (secondary N) is 1. The summed E-state index contributed by atoms with van der Waals surface area (Å²) in [6, 6.07) is 0. The van der Waals surface area contributed by atoms with Gasteiger partial charge in [-0.15, -0.1) is 0 Å². The van der Waals surface area contributed by atoms with Gasteiger partial charge in [-0.3, -0.25) is 9.59 Å². The van der Waals surface area contributed by atoms with Crippen LogP contribution in [-0.4, -0.2) is 47.1 Å². The number of hydrogen-bond acceptors (Lipinski definition) is 4. The van der Waals surface area contributed by atoms with Crippen molar-refractivity contribution in [2.24, 2.45) is 28.6 Å².